The van der Waals surface area contributed by atoms with Crippen LogP contribution in [0.1, 0.15) is 12.0 Å². The van der Waals surface area contributed by atoms with Crippen molar-refractivity contribution < 1.29 is 9.53 Å². The van der Waals surface area contributed by atoms with Gasteiger partial charge >= 0.3 is 0 Å². The van der Waals surface area contributed by atoms with Gasteiger partial charge in [-0.25, -0.2) is 0 Å². The first kappa shape index (κ1) is 16.9. The lowest BCUT2D eigenvalue weighted by Crippen LogP contribution is -2.22. The Morgan fingerprint density at radius 1 is 1.18 bits per heavy atom. The highest BCUT2D eigenvalue weighted by Gasteiger charge is 2.04. The number of nitrogens with one attached hydrogen (secondary N) is 1. The Kier molecular flexibility index (Phi) is 6.80. The molecule has 0 unspecified atom stereocenters. The van der Waals surface area contributed by atoms with Crippen molar-refractivity contribution in [3.63, 3.8) is 0 Å². The second-order valence-corrected chi connectivity index (χ2v) is 6.64. The molecular formula is C17H18BrNO2S. The Bertz CT molecular complexity index is 616. The molecule has 1 N–H and O–H groups in total. The number of rotatable bonds is 7. The van der Waals surface area contributed by atoms with Gasteiger partial charge in [0.2, 0.25) is 5.91 Å². The minimum atomic E-state index is 0.0652. The molecule has 2 aromatic carbocycles. The van der Waals surface area contributed by atoms with Crippen molar-refractivity contribution in [3.8, 4) is 5.75 Å². The Morgan fingerprint density at radius 3 is 2.59 bits per heavy atom. The van der Waals surface area contributed by atoms with E-state index in [2.05, 4.69) is 21.2 Å². The van der Waals surface area contributed by atoms with Crippen molar-refractivity contribution in [2.24, 2.45) is 0 Å². The topological polar surface area (TPSA) is 38.3 Å². The average molecular weight is 380 g/mol. The van der Waals surface area contributed by atoms with Gasteiger partial charge in [0.1, 0.15) is 5.75 Å². The van der Waals surface area contributed by atoms with Gasteiger partial charge in [-0.15, -0.1) is 11.8 Å². The third kappa shape index (κ3) is 5.39. The first-order valence-electron chi connectivity index (χ1n) is 6.96. The minimum absolute atomic E-state index is 0.0652. The second-order valence-electron chi connectivity index (χ2n) is 4.65. The number of methoxy groups -OCH3 is 1. The van der Waals surface area contributed by atoms with Crippen molar-refractivity contribution in [1.29, 1.82) is 0 Å². The maximum Gasteiger partial charge on any atom is 0.221 e. The van der Waals surface area contributed by atoms with Crippen LogP contribution in [0.3, 0.4) is 0 Å². The summed E-state index contributed by atoms with van der Waals surface area (Å²) in [5, 5.41) is 2.93. The number of halogens is 1. The van der Waals surface area contributed by atoms with Gasteiger partial charge in [0.25, 0.3) is 0 Å². The van der Waals surface area contributed by atoms with Gasteiger partial charge in [0.05, 0.1) is 7.11 Å². The van der Waals surface area contributed by atoms with Crippen LogP contribution in [-0.4, -0.2) is 18.8 Å². The molecule has 2 rings (SSSR count). The van der Waals surface area contributed by atoms with Crippen LogP contribution in [0, 0.1) is 0 Å². The number of carbonyl (C=O) groups is 1. The van der Waals surface area contributed by atoms with E-state index in [1.807, 2.05) is 48.5 Å². The van der Waals surface area contributed by atoms with Crippen LogP contribution in [0.15, 0.2) is 57.9 Å². The molecule has 0 fully saturated rings. The lowest BCUT2D eigenvalue weighted by Gasteiger charge is -2.07. The summed E-state index contributed by atoms with van der Waals surface area (Å²) in [6.45, 7) is 0.544. The van der Waals surface area contributed by atoms with Gasteiger partial charge in [-0.05, 0) is 45.8 Å². The average Bonchev–Trinajstić information content (AvgIpc) is 2.55. The number of hydrogen-bond acceptors (Lipinski definition) is 3. The van der Waals surface area contributed by atoms with Gasteiger partial charge in [-0.1, -0.05) is 24.3 Å². The molecule has 1 amide bonds. The first-order chi connectivity index (χ1) is 10.7. The molecule has 0 saturated carbocycles. The molecule has 3 nitrogen and oxygen atoms in total. The Balaban J connectivity index is 1.70. The molecule has 0 spiro atoms. The van der Waals surface area contributed by atoms with E-state index < -0.39 is 0 Å². The van der Waals surface area contributed by atoms with Crippen molar-refractivity contribution in [1.82, 2.24) is 5.32 Å². The zero-order valence-corrected chi connectivity index (χ0v) is 14.7. The van der Waals surface area contributed by atoms with E-state index in [-0.39, 0.29) is 5.91 Å². The van der Waals surface area contributed by atoms with Crippen LogP contribution in [0.25, 0.3) is 0 Å². The summed E-state index contributed by atoms with van der Waals surface area (Å²) < 4.78 is 6.17. The van der Waals surface area contributed by atoms with E-state index in [0.717, 1.165) is 26.4 Å². The second kappa shape index (κ2) is 8.86. The monoisotopic (exact) mass is 379 g/mol. The summed E-state index contributed by atoms with van der Waals surface area (Å²) in [6, 6.07) is 15.7. The Hall–Kier alpha value is -1.46. The van der Waals surface area contributed by atoms with E-state index in [0.29, 0.717) is 13.0 Å². The highest BCUT2D eigenvalue weighted by molar-refractivity contribution is 9.10. The number of hydrogen-bond donors (Lipinski definition) is 1. The van der Waals surface area contributed by atoms with Crippen molar-refractivity contribution >= 4 is 33.6 Å². The molecule has 116 valence electrons. The molecule has 0 aliphatic carbocycles. The summed E-state index contributed by atoms with van der Waals surface area (Å²) in [6.07, 6.45) is 0.502. The normalized spacial score (nSPS) is 10.3. The third-order valence-electron chi connectivity index (χ3n) is 3.07. The maximum atomic E-state index is 11.9. The quantitative estimate of drug-likeness (QED) is 0.730. The summed E-state index contributed by atoms with van der Waals surface area (Å²) in [7, 11) is 1.64. The minimum Gasteiger partial charge on any atom is -0.497 e. The van der Waals surface area contributed by atoms with Crippen LogP contribution in [-0.2, 0) is 11.3 Å². The zero-order chi connectivity index (χ0) is 15.8. The van der Waals surface area contributed by atoms with Crippen molar-refractivity contribution in [2.75, 3.05) is 12.9 Å². The van der Waals surface area contributed by atoms with E-state index in [1.54, 1.807) is 18.9 Å². The van der Waals surface area contributed by atoms with Crippen molar-refractivity contribution in [3.05, 3.63) is 58.6 Å². The van der Waals surface area contributed by atoms with Gasteiger partial charge in [0.15, 0.2) is 0 Å². The van der Waals surface area contributed by atoms with Crippen LogP contribution in [0.5, 0.6) is 5.75 Å². The zero-order valence-electron chi connectivity index (χ0n) is 12.3. The van der Waals surface area contributed by atoms with E-state index in [9.17, 15) is 4.79 Å². The molecule has 5 heteroatoms. The summed E-state index contributed by atoms with van der Waals surface area (Å²) in [5.41, 5.74) is 1.06. The van der Waals surface area contributed by atoms with Gasteiger partial charge in [0, 0.05) is 28.1 Å². The molecule has 2 aromatic rings. The predicted octanol–water partition coefficient (Wildman–Crippen LogP) is 4.26. The Morgan fingerprint density at radius 2 is 1.91 bits per heavy atom. The molecule has 0 aliphatic rings. The lowest BCUT2D eigenvalue weighted by atomic mass is 10.2. The van der Waals surface area contributed by atoms with Crippen LogP contribution in [0.2, 0.25) is 0 Å². The molecule has 0 aliphatic heterocycles. The fourth-order valence-corrected chi connectivity index (χ4v) is 3.36. The third-order valence-corrected chi connectivity index (χ3v) is 5.10. The lowest BCUT2D eigenvalue weighted by molar-refractivity contribution is -0.120. The standard InChI is InChI=1S/C17H18BrNO2S/c1-21-14-8-6-13(7-9-14)12-19-17(20)10-11-22-16-5-3-2-4-15(16)18/h2-9H,10-12H2,1H3,(H,19,20). The van der Waals surface area contributed by atoms with Gasteiger partial charge in [-0.2, -0.15) is 0 Å². The number of benzene rings is 2. The molecular weight excluding hydrogens is 362 g/mol. The largest absolute Gasteiger partial charge is 0.497 e. The summed E-state index contributed by atoms with van der Waals surface area (Å²) in [4.78, 5) is 13.0. The van der Waals surface area contributed by atoms with Crippen molar-refractivity contribution in [2.45, 2.75) is 17.9 Å². The smallest absolute Gasteiger partial charge is 0.221 e. The molecule has 0 atom stereocenters. The number of amides is 1. The fourth-order valence-electron chi connectivity index (χ4n) is 1.85. The highest BCUT2D eigenvalue weighted by atomic mass is 79.9. The molecule has 0 aromatic heterocycles. The molecule has 0 bridgehead atoms. The molecule has 0 heterocycles. The molecule has 0 radical (unpaired) electrons. The maximum absolute atomic E-state index is 11.9. The molecule has 22 heavy (non-hydrogen) atoms. The Labute approximate surface area is 143 Å². The number of carbonyl (C=O) groups excluding carboxylic acids is 1. The van der Waals surface area contributed by atoms with E-state index in [1.165, 1.54) is 0 Å². The SMILES string of the molecule is COc1ccc(CNC(=O)CCSc2ccccc2Br)cc1. The molecule has 0 saturated heterocycles. The summed E-state index contributed by atoms with van der Waals surface area (Å²) in [5.74, 6) is 1.65. The number of thioether (sulfide) groups is 1. The highest BCUT2D eigenvalue weighted by Crippen LogP contribution is 2.27. The van der Waals surface area contributed by atoms with E-state index >= 15 is 0 Å². The van der Waals surface area contributed by atoms with E-state index in [4.69, 9.17) is 4.74 Å². The predicted molar refractivity (Wildman–Crippen MR) is 94.3 cm³/mol. The van der Waals surface area contributed by atoms with Crippen LogP contribution < -0.4 is 10.1 Å². The fraction of sp³-hybridized carbons (Fsp3) is 0.235. The van der Waals surface area contributed by atoms with Crippen LogP contribution >= 0.6 is 27.7 Å². The number of ether oxygens (including phenoxy) is 1. The summed E-state index contributed by atoms with van der Waals surface area (Å²) >= 11 is 5.18. The van der Waals surface area contributed by atoms with Crippen LogP contribution in [0.4, 0.5) is 0 Å². The first-order valence-corrected chi connectivity index (χ1v) is 8.74. The van der Waals surface area contributed by atoms with Gasteiger partial charge < -0.3 is 10.1 Å². The van der Waals surface area contributed by atoms with Gasteiger partial charge in [-0.3, -0.25) is 4.79 Å².